The van der Waals surface area contributed by atoms with Crippen molar-refractivity contribution in [1.29, 1.82) is 0 Å². The number of rotatable bonds is 3. The first kappa shape index (κ1) is 9.95. The highest BCUT2D eigenvalue weighted by Crippen LogP contribution is 2.28. The second kappa shape index (κ2) is 4.29. The quantitative estimate of drug-likeness (QED) is 0.530. The number of phenols is 2. The molecular weight excluding hydrogens is 198 g/mol. The number of nitrogens with two attached hydrogens (primary N) is 1. The van der Waals surface area contributed by atoms with E-state index in [1.807, 2.05) is 0 Å². The van der Waals surface area contributed by atoms with Gasteiger partial charge in [-0.3, -0.25) is 4.79 Å². The average Bonchev–Trinajstić information content (AvgIpc) is 2.20. The molecule has 0 aromatic heterocycles. The Balaban J connectivity index is 3.16. The lowest BCUT2D eigenvalue weighted by Crippen LogP contribution is -2.35. The standard InChI is InChI=1S/C10H13NO4/c1-5(12)9(11)10(15)6-2-3-7(13)8(14)4-6/h2-4,9-10,13-15H,11H2,1H3/t9-,10-/m1/s1/i10D. The van der Waals surface area contributed by atoms with E-state index in [1.165, 1.54) is 6.07 Å². The van der Waals surface area contributed by atoms with Crippen molar-refractivity contribution in [2.24, 2.45) is 5.73 Å². The number of hydrogen-bond donors (Lipinski definition) is 4. The smallest absolute Gasteiger partial charge is 0.157 e. The maximum Gasteiger partial charge on any atom is 0.157 e. The molecule has 0 saturated carbocycles. The molecule has 15 heavy (non-hydrogen) atoms. The Bertz CT molecular complexity index is 419. The molecule has 0 unspecified atom stereocenters. The number of ketones is 1. The van der Waals surface area contributed by atoms with E-state index in [4.69, 9.17) is 12.2 Å². The third kappa shape index (κ3) is 2.45. The van der Waals surface area contributed by atoms with E-state index in [-0.39, 0.29) is 11.3 Å². The van der Waals surface area contributed by atoms with Crippen molar-refractivity contribution in [1.82, 2.24) is 0 Å². The summed E-state index contributed by atoms with van der Waals surface area (Å²) in [5.74, 6) is -1.42. The van der Waals surface area contributed by atoms with Crippen LogP contribution in [0.1, 0.15) is 19.9 Å². The summed E-state index contributed by atoms with van der Waals surface area (Å²) in [5, 5.41) is 28.0. The third-order valence-electron chi connectivity index (χ3n) is 2.00. The summed E-state index contributed by atoms with van der Waals surface area (Å²) in [7, 11) is 0. The molecule has 0 aliphatic carbocycles. The molecule has 0 spiro atoms. The minimum Gasteiger partial charge on any atom is -0.504 e. The van der Waals surface area contributed by atoms with Crippen molar-refractivity contribution in [3.63, 3.8) is 0 Å². The number of phenolic OH excluding ortho intramolecular Hbond substituents is 2. The van der Waals surface area contributed by atoms with Gasteiger partial charge in [0.1, 0.15) is 11.9 Å². The molecule has 0 bridgehead atoms. The summed E-state index contributed by atoms with van der Waals surface area (Å²) in [6, 6.07) is 1.89. The summed E-state index contributed by atoms with van der Waals surface area (Å²) in [6.07, 6.45) is -2.34. The molecule has 0 heterocycles. The van der Waals surface area contributed by atoms with Crippen molar-refractivity contribution in [2.75, 3.05) is 0 Å². The number of Topliss-reactive ketones (excluding diaryl/α,β-unsaturated/α-hetero) is 1. The van der Waals surface area contributed by atoms with Crippen molar-refractivity contribution in [2.45, 2.75) is 19.0 Å². The van der Waals surface area contributed by atoms with E-state index in [0.29, 0.717) is 0 Å². The minimum atomic E-state index is -2.34. The van der Waals surface area contributed by atoms with E-state index in [0.717, 1.165) is 19.1 Å². The van der Waals surface area contributed by atoms with Gasteiger partial charge in [0.05, 0.1) is 7.41 Å². The fraction of sp³-hybridized carbons (Fsp3) is 0.300. The zero-order valence-corrected chi connectivity index (χ0v) is 8.14. The fourth-order valence-corrected chi connectivity index (χ4v) is 1.05. The molecule has 0 radical (unpaired) electrons. The Kier molecular flexibility index (Phi) is 2.84. The average molecular weight is 212 g/mol. The molecule has 0 aliphatic rings. The molecule has 5 nitrogen and oxygen atoms in total. The summed E-state index contributed by atoms with van der Waals surface area (Å²) < 4.78 is 7.59. The second-order valence-electron chi connectivity index (χ2n) is 3.18. The number of carbonyl (C=O) groups excluding carboxylic acids is 1. The van der Waals surface area contributed by atoms with Crippen molar-refractivity contribution in [3.8, 4) is 11.5 Å². The number of carbonyl (C=O) groups is 1. The van der Waals surface area contributed by atoms with E-state index in [2.05, 4.69) is 0 Å². The predicted molar refractivity (Wildman–Crippen MR) is 53.4 cm³/mol. The van der Waals surface area contributed by atoms with E-state index in [1.54, 1.807) is 0 Å². The van der Waals surface area contributed by atoms with Gasteiger partial charge in [-0.05, 0) is 24.6 Å². The molecule has 0 amide bonds. The largest absolute Gasteiger partial charge is 0.504 e. The molecule has 0 fully saturated rings. The molecule has 0 aliphatic heterocycles. The van der Waals surface area contributed by atoms with Gasteiger partial charge in [0.25, 0.3) is 0 Å². The molecular formula is C10H13NO4. The van der Waals surface area contributed by atoms with E-state index in [9.17, 15) is 15.0 Å². The van der Waals surface area contributed by atoms with Crippen LogP contribution in [0.5, 0.6) is 11.5 Å². The van der Waals surface area contributed by atoms with Crippen LogP contribution < -0.4 is 5.73 Å². The van der Waals surface area contributed by atoms with Gasteiger partial charge in [-0.15, -0.1) is 0 Å². The van der Waals surface area contributed by atoms with Gasteiger partial charge < -0.3 is 21.1 Å². The molecule has 5 N–H and O–H groups in total. The van der Waals surface area contributed by atoms with E-state index < -0.39 is 23.7 Å². The normalized spacial score (nSPS) is 17.7. The van der Waals surface area contributed by atoms with Crippen LogP contribution in [-0.4, -0.2) is 27.1 Å². The van der Waals surface area contributed by atoms with Gasteiger partial charge in [0.15, 0.2) is 11.5 Å². The van der Waals surface area contributed by atoms with Crippen LogP contribution in [0.2, 0.25) is 0 Å². The van der Waals surface area contributed by atoms with Crippen molar-refractivity contribution in [3.05, 3.63) is 23.8 Å². The van der Waals surface area contributed by atoms with Gasteiger partial charge in [-0.1, -0.05) is 6.07 Å². The molecule has 1 aromatic rings. The highest BCUT2D eigenvalue weighted by atomic mass is 16.3. The van der Waals surface area contributed by atoms with Gasteiger partial charge in [0.2, 0.25) is 0 Å². The molecule has 82 valence electrons. The van der Waals surface area contributed by atoms with Crippen LogP contribution in [0, 0.1) is 0 Å². The SMILES string of the molecule is [2H][C@@](O)(c1ccc(O)c(O)c1)[C@H](N)C(C)=O. The molecule has 0 saturated heterocycles. The van der Waals surface area contributed by atoms with Gasteiger partial charge >= 0.3 is 0 Å². The van der Waals surface area contributed by atoms with Crippen molar-refractivity contribution >= 4 is 5.78 Å². The zero-order chi connectivity index (χ0) is 12.5. The summed E-state index contributed by atoms with van der Waals surface area (Å²) in [4.78, 5) is 11.0. The van der Waals surface area contributed by atoms with Crippen LogP contribution in [0.15, 0.2) is 18.2 Å². The molecule has 2 atom stereocenters. The first-order valence-electron chi connectivity index (χ1n) is 4.77. The highest BCUT2D eigenvalue weighted by molar-refractivity contribution is 5.82. The monoisotopic (exact) mass is 212 g/mol. The lowest BCUT2D eigenvalue weighted by molar-refractivity contribution is -0.120. The number of aromatic hydroxyl groups is 2. The fourth-order valence-electron chi connectivity index (χ4n) is 1.05. The Morgan fingerprint density at radius 2 is 2.07 bits per heavy atom. The number of benzene rings is 1. The Hall–Kier alpha value is -1.59. The van der Waals surface area contributed by atoms with Crippen LogP contribution >= 0.6 is 0 Å². The Morgan fingerprint density at radius 1 is 1.47 bits per heavy atom. The molecule has 1 rings (SSSR count). The predicted octanol–water partition coefficient (Wildman–Crippen LogP) is 0.0475. The van der Waals surface area contributed by atoms with Gasteiger partial charge in [-0.2, -0.15) is 0 Å². The van der Waals surface area contributed by atoms with Crippen molar-refractivity contribution < 1.29 is 21.5 Å². The topological polar surface area (TPSA) is 104 Å². The summed E-state index contributed by atoms with van der Waals surface area (Å²) in [5.41, 5.74) is 5.32. The number of hydrogen-bond acceptors (Lipinski definition) is 5. The van der Waals surface area contributed by atoms with Crippen LogP contribution in [-0.2, 0) is 4.79 Å². The Labute approximate surface area is 88.2 Å². The minimum absolute atomic E-state index is 0.0644. The first-order chi connectivity index (χ1) is 7.26. The Morgan fingerprint density at radius 3 is 2.53 bits per heavy atom. The first-order valence-corrected chi connectivity index (χ1v) is 4.27. The summed E-state index contributed by atoms with van der Waals surface area (Å²) >= 11 is 0. The van der Waals surface area contributed by atoms with E-state index >= 15 is 0 Å². The third-order valence-corrected chi connectivity index (χ3v) is 2.00. The highest BCUT2D eigenvalue weighted by Gasteiger charge is 2.21. The number of aliphatic hydroxyl groups is 1. The zero-order valence-electron chi connectivity index (χ0n) is 9.14. The summed E-state index contributed by atoms with van der Waals surface area (Å²) in [6.45, 7) is 1.16. The maximum absolute atomic E-state index is 11.0. The lowest BCUT2D eigenvalue weighted by Gasteiger charge is -2.16. The molecule has 5 heteroatoms. The second-order valence-corrected chi connectivity index (χ2v) is 3.18. The van der Waals surface area contributed by atoms with Gasteiger partial charge in [0, 0.05) is 0 Å². The maximum atomic E-state index is 11.0. The van der Waals surface area contributed by atoms with Crippen LogP contribution in [0.4, 0.5) is 0 Å². The van der Waals surface area contributed by atoms with Crippen LogP contribution in [0.3, 0.4) is 0 Å². The van der Waals surface area contributed by atoms with Crippen LogP contribution in [0.25, 0.3) is 0 Å². The lowest BCUT2D eigenvalue weighted by atomic mass is 10.00. The molecule has 1 aromatic carbocycles. The van der Waals surface area contributed by atoms with Gasteiger partial charge in [-0.25, -0.2) is 0 Å².